The molecule has 0 saturated carbocycles. The molecule has 0 aliphatic heterocycles. The minimum atomic E-state index is 0.740. The summed E-state index contributed by atoms with van der Waals surface area (Å²) >= 11 is 0. The molecule has 1 N–H and O–H groups in total. The van der Waals surface area contributed by atoms with Gasteiger partial charge in [-0.1, -0.05) is 13.8 Å². The first-order valence-electron chi connectivity index (χ1n) is 6.22. The summed E-state index contributed by atoms with van der Waals surface area (Å²) < 4.78 is 0. The second-order valence-electron chi connectivity index (χ2n) is 4.98. The van der Waals surface area contributed by atoms with Crippen LogP contribution in [0.15, 0.2) is 6.07 Å². The molecule has 0 fully saturated rings. The van der Waals surface area contributed by atoms with Gasteiger partial charge in [-0.15, -0.1) is 0 Å². The zero-order valence-corrected chi connectivity index (χ0v) is 11.6. The predicted molar refractivity (Wildman–Crippen MR) is 72.1 cm³/mol. The van der Waals surface area contributed by atoms with Crippen LogP contribution in [0.5, 0.6) is 0 Å². The van der Waals surface area contributed by atoms with Crippen LogP contribution in [0.25, 0.3) is 0 Å². The SMILES string of the molecule is CNc1cc(C)nc(CN(C)CCC(C)C)n1. The van der Waals surface area contributed by atoms with Crippen molar-refractivity contribution in [1.29, 1.82) is 0 Å². The van der Waals surface area contributed by atoms with Gasteiger partial charge in [-0.25, -0.2) is 9.97 Å². The van der Waals surface area contributed by atoms with Gasteiger partial charge in [-0.3, -0.25) is 4.90 Å². The van der Waals surface area contributed by atoms with Gasteiger partial charge in [-0.05, 0) is 32.9 Å². The molecule has 0 aliphatic carbocycles. The highest BCUT2D eigenvalue weighted by Crippen LogP contribution is 2.08. The van der Waals surface area contributed by atoms with E-state index in [9.17, 15) is 0 Å². The van der Waals surface area contributed by atoms with Gasteiger partial charge in [0, 0.05) is 18.8 Å². The van der Waals surface area contributed by atoms with Crippen LogP contribution in [-0.2, 0) is 6.54 Å². The molecular formula is C13H24N4. The Morgan fingerprint density at radius 2 is 2.06 bits per heavy atom. The van der Waals surface area contributed by atoms with Crippen LogP contribution in [0, 0.1) is 12.8 Å². The molecule has 4 nitrogen and oxygen atoms in total. The molecule has 1 heterocycles. The number of anilines is 1. The van der Waals surface area contributed by atoms with Crippen LogP contribution in [0.4, 0.5) is 5.82 Å². The fraction of sp³-hybridized carbons (Fsp3) is 0.692. The monoisotopic (exact) mass is 236 g/mol. The molecule has 0 aromatic carbocycles. The molecule has 4 heteroatoms. The molecule has 1 rings (SSSR count). The second kappa shape index (κ2) is 6.55. The smallest absolute Gasteiger partial charge is 0.144 e. The van der Waals surface area contributed by atoms with Crippen molar-refractivity contribution in [2.75, 3.05) is 26.0 Å². The predicted octanol–water partition coefficient (Wildman–Crippen LogP) is 2.30. The molecule has 0 spiro atoms. The van der Waals surface area contributed by atoms with E-state index in [0.29, 0.717) is 0 Å². The fourth-order valence-electron chi connectivity index (χ4n) is 1.63. The highest BCUT2D eigenvalue weighted by atomic mass is 15.1. The van der Waals surface area contributed by atoms with E-state index < -0.39 is 0 Å². The highest BCUT2D eigenvalue weighted by Gasteiger charge is 2.06. The molecule has 0 bridgehead atoms. The van der Waals surface area contributed by atoms with Gasteiger partial charge in [0.1, 0.15) is 11.6 Å². The molecular weight excluding hydrogens is 212 g/mol. The number of nitrogens with zero attached hydrogens (tertiary/aromatic N) is 3. The minimum absolute atomic E-state index is 0.740. The molecule has 0 amide bonds. The van der Waals surface area contributed by atoms with E-state index in [2.05, 4.69) is 41.1 Å². The van der Waals surface area contributed by atoms with Gasteiger partial charge in [0.25, 0.3) is 0 Å². The minimum Gasteiger partial charge on any atom is -0.373 e. The third kappa shape index (κ3) is 5.13. The molecule has 17 heavy (non-hydrogen) atoms. The number of nitrogens with one attached hydrogen (secondary N) is 1. The normalized spacial score (nSPS) is 11.2. The van der Waals surface area contributed by atoms with Crippen molar-refractivity contribution < 1.29 is 0 Å². The Kier molecular flexibility index (Phi) is 5.35. The summed E-state index contributed by atoms with van der Waals surface area (Å²) in [7, 11) is 4.00. The zero-order valence-electron chi connectivity index (χ0n) is 11.6. The summed E-state index contributed by atoms with van der Waals surface area (Å²) in [4.78, 5) is 11.2. The van der Waals surface area contributed by atoms with E-state index in [1.165, 1.54) is 6.42 Å². The van der Waals surface area contributed by atoms with Gasteiger partial charge in [-0.2, -0.15) is 0 Å². The van der Waals surface area contributed by atoms with E-state index >= 15 is 0 Å². The Bertz CT molecular complexity index is 349. The Morgan fingerprint density at radius 3 is 2.65 bits per heavy atom. The molecule has 0 aliphatic rings. The van der Waals surface area contributed by atoms with Crippen molar-refractivity contribution in [2.24, 2.45) is 5.92 Å². The summed E-state index contributed by atoms with van der Waals surface area (Å²) in [5.74, 6) is 2.52. The third-order valence-electron chi connectivity index (χ3n) is 2.66. The van der Waals surface area contributed by atoms with Crippen LogP contribution >= 0.6 is 0 Å². The van der Waals surface area contributed by atoms with E-state index in [1.807, 2.05) is 20.0 Å². The lowest BCUT2D eigenvalue weighted by molar-refractivity contribution is 0.296. The Morgan fingerprint density at radius 1 is 1.35 bits per heavy atom. The van der Waals surface area contributed by atoms with Gasteiger partial charge in [0.05, 0.1) is 6.54 Å². The van der Waals surface area contributed by atoms with Gasteiger partial charge in [0.15, 0.2) is 0 Å². The molecule has 0 saturated heterocycles. The summed E-state index contributed by atoms with van der Waals surface area (Å²) in [6.45, 7) is 8.39. The Balaban J connectivity index is 2.58. The summed E-state index contributed by atoms with van der Waals surface area (Å²) in [6.07, 6.45) is 1.21. The van der Waals surface area contributed by atoms with Crippen molar-refractivity contribution in [3.8, 4) is 0 Å². The van der Waals surface area contributed by atoms with Crippen molar-refractivity contribution in [3.63, 3.8) is 0 Å². The highest BCUT2D eigenvalue weighted by molar-refractivity contribution is 5.34. The molecule has 1 aromatic heterocycles. The first kappa shape index (κ1) is 13.9. The van der Waals surface area contributed by atoms with E-state index in [0.717, 1.165) is 36.3 Å². The maximum Gasteiger partial charge on any atom is 0.144 e. The van der Waals surface area contributed by atoms with Crippen LogP contribution < -0.4 is 5.32 Å². The van der Waals surface area contributed by atoms with Crippen LogP contribution in [-0.4, -0.2) is 35.5 Å². The van der Waals surface area contributed by atoms with E-state index in [4.69, 9.17) is 0 Å². The largest absolute Gasteiger partial charge is 0.373 e. The third-order valence-corrected chi connectivity index (χ3v) is 2.66. The van der Waals surface area contributed by atoms with Gasteiger partial charge in [0.2, 0.25) is 0 Å². The lowest BCUT2D eigenvalue weighted by atomic mass is 10.1. The quantitative estimate of drug-likeness (QED) is 0.823. The summed E-state index contributed by atoms with van der Waals surface area (Å²) in [5.41, 5.74) is 1.01. The standard InChI is InChI=1S/C13H24N4/c1-10(2)6-7-17(5)9-13-15-11(3)8-12(14-4)16-13/h8,10H,6-7,9H2,1-5H3,(H,14,15,16). The number of hydrogen-bond donors (Lipinski definition) is 1. The Labute approximate surface area is 104 Å². The van der Waals surface area contributed by atoms with Crippen LogP contribution in [0.2, 0.25) is 0 Å². The second-order valence-corrected chi connectivity index (χ2v) is 4.98. The zero-order chi connectivity index (χ0) is 12.8. The van der Waals surface area contributed by atoms with Crippen molar-refractivity contribution in [1.82, 2.24) is 14.9 Å². The van der Waals surface area contributed by atoms with Crippen molar-refractivity contribution >= 4 is 5.82 Å². The van der Waals surface area contributed by atoms with Crippen molar-refractivity contribution in [2.45, 2.75) is 33.7 Å². The topological polar surface area (TPSA) is 41.1 Å². The van der Waals surface area contributed by atoms with Gasteiger partial charge >= 0.3 is 0 Å². The maximum absolute atomic E-state index is 4.46. The summed E-state index contributed by atoms with van der Waals surface area (Å²) in [5, 5.41) is 3.06. The van der Waals surface area contributed by atoms with Gasteiger partial charge < -0.3 is 5.32 Å². The fourth-order valence-corrected chi connectivity index (χ4v) is 1.63. The summed E-state index contributed by atoms with van der Waals surface area (Å²) in [6, 6.07) is 1.96. The average Bonchev–Trinajstić information content (AvgIpc) is 2.25. The molecule has 0 atom stereocenters. The number of aryl methyl sites for hydroxylation is 1. The maximum atomic E-state index is 4.46. The number of hydrogen-bond acceptors (Lipinski definition) is 4. The Hall–Kier alpha value is -1.16. The average molecular weight is 236 g/mol. The van der Waals surface area contributed by atoms with Crippen LogP contribution in [0.1, 0.15) is 31.8 Å². The molecule has 0 unspecified atom stereocenters. The molecule has 1 aromatic rings. The molecule has 96 valence electrons. The lowest BCUT2D eigenvalue weighted by Crippen LogP contribution is -2.22. The first-order valence-corrected chi connectivity index (χ1v) is 6.22. The lowest BCUT2D eigenvalue weighted by Gasteiger charge is -2.17. The van der Waals surface area contributed by atoms with Crippen LogP contribution in [0.3, 0.4) is 0 Å². The number of aromatic nitrogens is 2. The van der Waals surface area contributed by atoms with Crippen molar-refractivity contribution in [3.05, 3.63) is 17.6 Å². The van der Waals surface area contributed by atoms with E-state index in [1.54, 1.807) is 0 Å². The van der Waals surface area contributed by atoms with E-state index in [-0.39, 0.29) is 0 Å². The number of rotatable bonds is 6. The first-order chi connectivity index (χ1) is 8.01. The molecule has 0 radical (unpaired) electrons.